The van der Waals surface area contributed by atoms with Crippen LogP contribution in [0, 0.1) is 5.41 Å². The highest BCUT2D eigenvalue weighted by atomic mass is 16.5. The Bertz CT molecular complexity index is 206. The van der Waals surface area contributed by atoms with Gasteiger partial charge in [-0.2, -0.15) is 0 Å². The predicted octanol–water partition coefficient (Wildman–Crippen LogP) is 2.52. The topological polar surface area (TPSA) is 29.5 Å². The molecular weight excluding hydrogens is 176 g/mol. The van der Waals surface area contributed by atoms with Gasteiger partial charge in [0.25, 0.3) is 0 Å². The van der Waals surface area contributed by atoms with Crippen molar-refractivity contribution < 1.29 is 9.84 Å². The first-order chi connectivity index (χ1) is 6.55. The van der Waals surface area contributed by atoms with Gasteiger partial charge >= 0.3 is 0 Å². The highest BCUT2D eigenvalue weighted by Crippen LogP contribution is 2.36. The average molecular weight is 198 g/mol. The van der Waals surface area contributed by atoms with Gasteiger partial charge in [-0.1, -0.05) is 19.9 Å². The van der Waals surface area contributed by atoms with Gasteiger partial charge in [-0.05, 0) is 37.2 Å². The SMILES string of the molecule is CC(OCCO)C1=CCCC(C)(C)C1. The second kappa shape index (κ2) is 4.94. The molecular formula is C12H22O2. The van der Waals surface area contributed by atoms with Gasteiger partial charge in [0.2, 0.25) is 0 Å². The first kappa shape index (κ1) is 11.7. The van der Waals surface area contributed by atoms with E-state index in [0.29, 0.717) is 12.0 Å². The van der Waals surface area contributed by atoms with E-state index in [1.54, 1.807) is 0 Å². The standard InChI is InChI=1S/C12H22O2/c1-10(14-8-7-13)11-5-4-6-12(2,3)9-11/h5,10,13H,4,6-9H2,1-3H3. The van der Waals surface area contributed by atoms with Crippen molar-refractivity contribution in [2.75, 3.05) is 13.2 Å². The van der Waals surface area contributed by atoms with Crippen molar-refractivity contribution in [1.82, 2.24) is 0 Å². The third kappa shape index (κ3) is 3.43. The average Bonchev–Trinajstić information content (AvgIpc) is 2.12. The number of hydrogen-bond acceptors (Lipinski definition) is 2. The van der Waals surface area contributed by atoms with Gasteiger partial charge in [0.05, 0.1) is 19.3 Å². The quantitative estimate of drug-likeness (QED) is 0.703. The molecule has 1 rings (SSSR count). The van der Waals surface area contributed by atoms with Crippen molar-refractivity contribution in [2.45, 2.75) is 46.1 Å². The summed E-state index contributed by atoms with van der Waals surface area (Å²) in [6.07, 6.45) is 6.02. The second-order valence-electron chi connectivity index (χ2n) is 4.90. The monoisotopic (exact) mass is 198 g/mol. The molecule has 1 N–H and O–H groups in total. The number of rotatable bonds is 4. The van der Waals surface area contributed by atoms with E-state index in [0.717, 1.165) is 12.8 Å². The lowest BCUT2D eigenvalue weighted by atomic mass is 9.76. The maximum atomic E-state index is 8.67. The van der Waals surface area contributed by atoms with E-state index in [2.05, 4.69) is 26.8 Å². The van der Waals surface area contributed by atoms with Crippen LogP contribution in [0.4, 0.5) is 0 Å². The maximum Gasteiger partial charge on any atom is 0.0758 e. The van der Waals surface area contributed by atoms with Crippen LogP contribution in [0.5, 0.6) is 0 Å². The molecule has 0 spiro atoms. The van der Waals surface area contributed by atoms with Crippen LogP contribution in [0.15, 0.2) is 11.6 Å². The molecule has 1 aliphatic carbocycles. The van der Waals surface area contributed by atoms with Crippen LogP contribution in [0.1, 0.15) is 40.0 Å². The van der Waals surface area contributed by atoms with Crippen molar-refractivity contribution >= 4 is 0 Å². The molecule has 0 fully saturated rings. The van der Waals surface area contributed by atoms with Crippen molar-refractivity contribution in [1.29, 1.82) is 0 Å². The van der Waals surface area contributed by atoms with E-state index in [1.807, 2.05) is 0 Å². The molecule has 0 amide bonds. The minimum absolute atomic E-state index is 0.112. The number of aliphatic hydroxyl groups excluding tert-OH is 1. The lowest BCUT2D eigenvalue weighted by Gasteiger charge is -2.32. The van der Waals surface area contributed by atoms with Crippen LogP contribution >= 0.6 is 0 Å². The zero-order chi connectivity index (χ0) is 10.6. The van der Waals surface area contributed by atoms with Gasteiger partial charge in [-0.15, -0.1) is 0 Å². The highest BCUT2D eigenvalue weighted by molar-refractivity contribution is 5.13. The van der Waals surface area contributed by atoms with Gasteiger partial charge in [0.15, 0.2) is 0 Å². The molecule has 1 aliphatic rings. The molecule has 0 saturated carbocycles. The summed E-state index contributed by atoms with van der Waals surface area (Å²) in [7, 11) is 0. The Labute approximate surface area is 87.0 Å². The molecule has 0 aliphatic heterocycles. The number of hydrogen-bond donors (Lipinski definition) is 1. The number of aliphatic hydroxyl groups is 1. The first-order valence-electron chi connectivity index (χ1n) is 5.46. The first-order valence-corrected chi connectivity index (χ1v) is 5.46. The van der Waals surface area contributed by atoms with E-state index >= 15 is 0 Å². The Hall–Kier alpha value is -0.340. The fourth-order valence-electron chi connectivity index (χ4n) is 2.01. The van der Waals surface area contributed by atoms with Crippen LogP contribution in [0.2, 0.25) is 0 Å². The van der Waals surface area contributed by atoms with Crippen LogP contribution in [-0.4, -0.2) is 24.4 Å². The molecule has 0 radical (unpaired) electrons. The Kier molecular flexibility index (Phi) is 4.14. The van der Waals surface area contributed by atoms with E-state index in [-0.39, 0.29) is 12.7 Å². The van der Waals surface area contributed by atoms with Gasteiger partial charge in [0, 0.05) is 0 Å². The lowest BCUT2D eigenvalue weighted by Crippen LogP contribution is -2.23. The summed E-state index contributed by atoms with van der Waals surface area (Å²) in [6, 6.07) is 0. The van der Waals surface area contributed by atoms with Gasteiger partial charge < -0.3 is 9.84 Å². The van der Waals surface area contributed by atoms with E-state index in [1.165, 1.54) is 12.0 Å². The van der Waals surface area contributed by atoms with Crippen molar-refractivity contribution in [2.24, 2.45) is 5.41 Å². The summed E-state index contributed by atoms with van der Waals surface area (Å²) in [6.45, 7) is 7.24. The normalized spacial score (nSPS) is 23.0. The molecule has 14 heavy (non-hydrogen) atoms. The number of allylic oxidation sites excluding steroid dienone is 1. The summed E-state index contributed by atoms with van der Waals surface area (Å²) >= 11 is 0. The smallest absolute Gasteiger partial charge is 0.0758 e. The molecule has 0 bridgehead atoms. The minimum Gasteiger partial charge on any atom is -0.394 e. The zero-order valence-corrected chi connectivity index (χ0v) is 9.55. The minimum atomic E-state index is 0.112. The fraction of sp³-hybridized carbons (Fsp3) is 0.833. The Morgan fingerprint density at radius 2 is 2.29 bits per heavy atom. The van der Waals surface area contributed by atoms with Crippen LogP contribution in [0.25, 0.3) is 0 Å². The third-order valence-electron chi connectivity index (χ3n) is 2.89. The van der Waals surface area contributed by atoms with E-state index in [4.69, 9.17) is 9.84 Å². The van der Waals surface area contributed by atoms with E-state index < -0.39 is 0 Å². The van der Waals surface area contributed by atoms with Crippen molar-refractivity contribution in [3.63, 3.8) is 0 Å². The zero-order valence-electron chi connectivity index (χ0n) is 9.55. The summed E-state index contributed by atoms with van der Waals surface area (Å²) in [5.41, 5.74) is 1.82. The van der Waals surface area contributed by atoms with Crippen LogP contribution < -0.4 is 0 Å². The van der Waals surface area contributed by atoms with Gasteiger partial charge in [0.1, 0.15) is 0 Å². The molecule has 2 heteroatoms. The summed E-state index contributed by atoms with van der Waals surface area (Å²) in [5.74, 6) is 0. The molecule has 0 heterocycles. The lowest BCUT2D eigenvalue weighted by molar-refractivity contribution is 0.0521. The molecule has 0 aromatic rings. The summed E-state index contributed by atoms with van der Waals surface area (Å²) in [4.78, 5) is 0. The largest absolute Gasteiger partial charge is 0.394 e. The van der Waals surface area contributed by atoms with Crippen molar-refractivity contribution in [3.05, 3.63) is 11.6 Å². The molecule has 0 saturated heterocycles. The molecule has 2 nitrogen and oxygen atoms in total. The maximum absolute atomic E-state index is 8.67. The fourth-order valence-corrected chi connectivity index (χ4v) is 2.01. The predicted molar refractivity (Wildman–Crippen MR) is 58.2 cm³/mol. The van der Waals surface area contributed by atoms with Gasteiger partial charge in [-0.3, -0.25) is 0 Å². The summed E-state index contributed by atoms with van der Waals surface area (Å²) < 4.78 is 5.51. The highest BCUT2D eigenvalue weighted by Gasteiger charge is 2.25. The molecule has 1 unspecified atom stereocenters. The van der Waals surface area contributed by atoms with E-state index in [9.17, 15) is 0 Å². The Balaban J connectivity index is 2.47. The molecule has 0 aromatic heterocycles. The molecule has 82 valence electrons. The molecule has 0 aromatic carbocycles. The van der Waals surface area contributed by atoms with Crippen LogP contribution in [0.3, 0.4) is 0 Å². The number of ether oxygens (including phenoxy) is 1. The second-order valence-corrected chi connectivity index (χ2v) is 4.90. The molecule has 1 atom stereocenters. The Morgan fingerprint density at radius 1 is 1.57 bits per heavy atom. The third-order valence-corrected chi connectivity index (χ3v) is 2.89. The summed E-state index contributed by atoms with van der Waals surface area (Å²) in [5, 5.41) is 8.67. The van der Waals surface area contributed by atoms with Crippen molar-refractivity contribution in [3.8, 4) is 0 Å². The Morgan fingerprint density at radius 3 is 2.86 bits per heavy atom. The van der Waals surface area contributed by atoms with Gasteiger partial charge in [-0.25, -0.2) is 0 Å². The van der Waals surface area contributed by atoms with Crippen LogP contribution in [-0.2, 0) is 4.74 Å².